The smallest absolute Gasteiger partial charge is 0.305 e. The summed E-state index contributed by atoms with van der Waals surface area (Å²) in [6.07, 6.45) is -0.664. The van der Waals surface area contributed by atoms with Crippen LogP contribution in [0, 0.1) is 0 Å². The van der Waals surface area contributed by atoms with Gasteiger partial charge in [-0.1, -0.05) is 12.1 Å². The molecular weight excluding hydrogens is 520 g/mol. The highest BCUT2D eigenvalue weighted by atomic mass is 16.4. The van der Waals surface area contributed by atoms with Gasteiger partial charge in [-0.3, -0.25) is 33.7 Å². The molecule has 15 heteroatoms. The first-order chi connectivity index (χ1) is 18.3. The van der Waals surface area contributed by atoms with Crippen molar-refractivity contribution in [2.24, 2.45) is 0 Å². The Morgan fingerprint density at radius 3 is 2.13 bits per heavy atom. The minimum atomic E-state index is -1.33. The van der Waals surface area contributed by atoms with Gasteiger partial charge in [0, 0.05) is 19.8 Å². The molecule has 1 aliphatic heterocycles. The Hall–Kier alpha value is -4.66. The second kappa shape index (κ2) is 15.6. The number of nitrogens with zero attached hydrogens (tertiary/aromatic N) is 2. The molecule has 0 saturated carbocycles. The number of ketones is 1. The number of hydrogen-bond acceptors (Lipinski definition) is 9. The monoisotopic (exact) mass is 550 g/mol. The first-order valence-corrected chi connectivity index (χ1v) is 11.6. The number of rotatable bonds is 11. The highest BCUT2D eigenvalue weighted by molar-refractivity contribution is 6.10. The number of benzene rings is 1. The standard InChI is InChI=1S/C22H26N4O9.C2H4O2/c1-13(29)6-7-18(30)24-15-9-25(20(32)12-28)16-4-2-3-5-17(16)26(22(15)35)10-19(31)23-14(11-27)8-21(33)34;1-2(3)4/h2-5,11,14-15,28H,6-10,12H2,1H3,(H,23,31)(H,24,30)(H,33,34);1H3,(H,3,4)/t14-,15-;/m0./s1. The Bertz CT molecular complexity index is 1120. The Balaban J connectivity index is 0.00000177. The number of aliphatic hydroxyl groups excluding tert-OH is 1. The van der Waals surface area contributed by atoms with Crippen LogP contribution in [0.5, 0.6) is 0 Å². The molecule has 0 aliphatic carbocycles. The van der Waals surface area contributed by atoms with E-state index in [0.29, 0.717) is 0 Å². The maximum absolute atomic E-state index is 13.4. The number of hydrogen-bond donors (Lipinski definition) is 5. The molecule has 212 valence electrons. The first-order valence-electron chi connectivity index (χ1n) is 11.6. The molecule has 39 heavy (non-hydrogen) atoms. The van der Waals surface area contributed by atoms with E-state index in [-0.39, 0.29) is 42.8 Å². The van der Waals surface area contributed by atoms with E-state index in [4.69, 9.17) is 15.0 Å². The number of carboxylic acid groups (broad SMARTS) is 2. The largest absolute Gasteiger partial charge is 0.481 e. The van der Waals surface area contributed by atoms with E-state index >= 15 is 0 Å². The van der Waals surface area contributed by atoms with E-state index in [0.717, 1.165) is 16.7 Å². The van der Waals surface area contributed by atoms with Gasteiger partial charge in [-0.25, -0.2) is 0 Å². The van der Waals surface area contributed by atoms with Crippen LogP contribution in [0.2, 0.25) is 0 Å². The van der Waals surface area contributed by atoms with Crippen LogP contribution in [-0.2, 0) is 38.4 Å². The SMILES string of the molecule is CC(=O)CCC(=O)N[C@H]1CN(C(=O)CO)c2ccccc2N(CC(=O)N[C@H](C=O)CC(=O)O)C1=O.CC(=O)O. The lowest BCUT2D eigenvalue weighted by atomic mass is 10.2. The van der Waals surface area contributed by atoms with Gasteiger partial charge in [0.15, 0.2) is 0 Å². The molecule has 1 aliphatic rings. The quantitative estimate of drug-likeness (QED) is 0.198. The lowest BCUT2D eigenvalue weighted by Gasteiger charge is -2.25. The average molecular weight is 551 g/mol. The summed E-state index contributed by atoms with van der Waals surface area (Å²) in [6.45, 7) is 0.500. The zero-order valence-electron chi connectivity index (χ0n) is 21.3. The topological polar surface area (TPSA) is 228 Å². The highest BCUT2D eigenvalue weighted by Gasteiger charge is 2.37. The van der Waals surface area contributed by atoms with Crippen LogP contribution in [0.15, 0.2) is 24.3 Å². The minimum Gasteiger partial charge on any atom is -0.481 e. The number of aliphatic carboxylic acids is 2. The van der Waals surface area contributed by atoms with Gasteiger partial charge < -0.3 is 40.4 Å². The molecule has 0 aromatic heterocycles. The summed E-state index contributed by atoms with van der Waals surface area (Å²) in [4.78, 5) is 95.1. The molecule has 0 unspecified atom stereocenters. The van der Waals surface area contributed by atoms with Crippen LogP contribution in [-0.4, -0.2) is 94.7 Å². The average Bonchev–Trinajstić information content (AvgIpc) is 2.96. The van der Waals surface area contributed by atoms with Crippen molar-refractivity contribution in [1.82, 2.24) is 10.6 Å². The maximum Gasteiger partial charge on any atom is 0.305 e. The van der Waals surface area contributed by atoms with Gasteiger partial charge in [0.2, 0.25) is 11.8 Å². The van der Waals surface area contributed by atoms with Crippen molar-refractivity contribution < 1.29 is 53.7 Å². The molecule has 1 heterocycles. The van der Waals surface area contributed by atoms with Gasteiger partial charge in [-0.2, -0.15) is 0 Å². The van der Waals surface area contributed by atoms with Crippen molar-refractivity contribution in [2.75, 3.05) is 29.5 Å². The van der Waals surface area contributed by atoms with E-state index in [2.05, 4.69) is 10.6 Å². The van der Waals surface area contributed by atoms with Crippen molar-refractivity contribution >= 4 is 59.0 Å². The molecule has 0 saturated heterocycles. The Labute approximate surface area is 222 Å². The third-order valence-electron chi connectivity index (χ3n) is 5.08. The number of aldehydes is 1. The predicted octanol–water partition coefficient (Wildman–Crippen LogP) is -1.54. The predicted molar refractivity (Wildman–Crippen MR) is 134 cm³/mol. The molecule has 2 rings (SSSR count). The van der Waals surface area contributed by atoms with Gasteiger partial charge in [0.05, 0.1) is 30.4 Å². The normalized spacial score (nSPS) is 14.9. The van der Waals surface area contributed by atoms with Gasteiger partial charge in [-0.15, -0.1) is 0 Å². The number of carboxylic acids is 2. The number of amides is 4. The number of anilines is 2. The van der Waals surface area contributed by atoms with Crippen molar-refractivity contribution in [3.63, 3.8) is 0 Å². The fourth-order valence-corrected chi connectivity index (χ4v) is 3.45. The number of carbonyl (C=O) groups is 8. The van der Waals surface area contributed by atoms with Crippen molar-refractivity contribution in [1.29, 1.82) is 0 Å². The molecule has 0 fully saturated rings. The third-order valence-corrected chi connectivity index (χ3v) is 5.08. The van der Waals surface area contributed by atoms with Gasteiger partial charge in [0.25, 0.3) is 17.8 Å². The lowest BCUT2D eigenvalue weighted by molar-refractivity contribution is -0.139. The molecule has 5 N–H and O–H groups in total. The Kier molecular flexibility index (Phi) is 12.9. The number of fused-ring (bicyclic) bond motifs is 1. The number of para-hydroxylation sites is 2. The van der Waals surface area contributed by atoms with E-state index in [9.17, 15) is 38.7 Å². The van der Waals surface area contributed by atoms with E-state index < -0.39 is 67.2 Å². The lowest BCUT2D eigenvalue weighted by Crippen LogP contribution is -2.55. The third kappa shape index (κ3) is 10.7. The van der Waals surface area contributed by atoms with Crippen LogP contribution >= 0.6 is 0 Å². The van der Waals surface area contributed by atoms with Crippen molar-refractivity contribution in [3.05, 3.63) is 24.3 Å². The van der Waals surface area contributed by atoms with Gasteiger partial charge >= 0.3 is 5.97 Å². The van der Waals surface area contributed by atoms with E-state index in [1.165, 1.54) is 19.1 Å². The summed E-state index contributed by atoms with van der Waals surface area (Å²) in [5, 5.41) is 30.4. The minimum absolute atomic E-state index is 0.0605. The van der Waals surface area contributed by atoms with Crippen LogP contribution in [0.4, 0.5) is 11.4 Å². The number of carbonyl (C=O) groups excluding carboxylic acids is 6. The zero-order valence-corrected chi connectivity index (χ0v) is 21.3. The second-order valence-electron chi connectivity index (χ2n) is 8.32. The van der Waals surface area contributed by atoms with Crippen molar-refractivity contribution in [2.45, 2.75) is 45.2 Å². The van der Waals surface area contributed by atoms with E-state index in [1.54, 1.807) is 12.1 Å². The number of aliphatic hydroxyl groups is 1. The summed E-state index contributed by atoms with van der Waals surface area (Å²) in [5.74, 6) is -5.39. The zero-order chi connectivity index (χ0) is 29.7. The Morgan fingerprint density at radius 2 is 1.62 bits per heavy atom. The van der Waals surface area contributed by atoms with Crippen LogP contribution in [0.1, 0.15) is 33.1 Å². The van der Waals surface area contributed by atoms with Crippen molar-refractivity contribution in [3.8, 4) is 0 Å². The fourth-order valence-electron chi connectivity index (χ4n) is 3.45. The maximum atomic E-state index is 13.4. The molecule has 0 spiro atoms. The van der Waals surface area contributed by atoms with E-state index in [1.807, 2.05) is 0 Å². The highest BCUT2D eigenvalue weighted by Crippen LogP contribution is 2.32. The molecular formula is C24H30N4O11. The summed E-state index contributed by atoms with van der Waals surface area (Å²) in [7, 11) is 0. The summed E-state index contributed by atoms with van der Waals surface area (Å²) in [5.41, 5.74) is 0.307. The number of Topliss-reactive ketones (excluding diaryl/α,β-unsaturated/α-hetero) is 1. The molecule has 2 atom stereocenters. The van der Waals surface area contributed by atoms with Crippen LogP contribution < -0.4 is 20.4 Å². The Morgan fingerprint density at radius 1 is 1.03 bits per heavy atom. The molecule has 1 aromatic carbocycles. The van der Waals surface area contributed by atoms with Gasteiger partial charge in [-0.05, 0) is 19.1 Å². The molecule has 0 bridgehead atoms. The second-order valence-corrected chi connectivity index (χ2v) is 8.32. The molecule has 0 radical (unpaired) electrons. The summed E-state index contributed by atoms with van der Waals surface area (Å²) < 4.78 is 0. The molecule has 4 amide bonds. The first kappa shape index (κ1) is 32.4. The fraction of sp³-hybridized carbons (Fsp3) is 0.417. The summed E-state index contributed by atoms with van der Waals surface area (Å²) in [6, 6.07) is 3.40. The van der Waals surface area contributed by atoms with Crippen LogP contribution in [0.25, 0.3) is 0 Å². The van der Waals surface area contributed by atoms with Crippen LogP contribution in [0.3, 0.4) is 0 Å². The summed E-state index contributed by atoms with van der Waals surface area (Å²) >= 11 is 0. The molecule has 15 nitrogen and oxygen atoms in total. The molecule has 1 aromatic rings. The van der Waals surface area contributed by atoms with Gasteiger partial charge in [0.1, 0.15) is 31.3 Å². The number of nitrogens with one attached hydrogen (secondary N) is 2.